The number of methoxy groups -OCH3 is 1. The molecule has 0 heterocycles. The van der Waals surface area contributed by atoms with Crippen molar-refractivity contribution in [1.29, 1.82) is 0 Å². The van der Waals surface area contributed by atoms with E-state index in [4.69, 9.17) is 11.2 Å². The van der Waals surface area contributed by atoms with Gasteiger partial charge in [-0.2, -0.15) is 0 Å². The Bertz CT molecular complexity index is 223. The second kappa shape index (κ2) is 7.34. The molecule has 2 heteroatoms. The van der Waals surface area contributed by atoms with E-state index < -0.39 is 0 Å². The molecule has 0 aliphatic heterocycles. The minimum atomic E-state index is -0.346. The van der Waals surface area contributed by atoms with E-state index in [9.17, 15) is 4.79 Å². The van der Waals surface area contributed by atoms with Crippen LogP contribution in [0.4, 0.5) is 0 Å². The maximum Gasteiger partial charge on any atom is 0.311 e. The first kappa shape index (κ1) is 14.0. The molecule has 86 valence electrons. The lowest BCUT2D eigenvalue weighted by Gasteiger charge is -2.20. The Morgan fingerprint density at radius 2 is 1.87 bits per heavy atom. The van der Waals surface area contributed by atoms with Crippen molar-refractivity contribution >= 4 is 5.97 Å². The summed E-state index contributed by atoms with van der Waals surface area (Å²) in [6.45, 7) is 3.86. The van der Waals surface area contributed by atoms with Gasteiger partial charge in [0.1, 0.15) is 0 Å². The van der Waals surface area contributed by atoms with E-state index in [0.29, 0.717) is 0 Å². The SMILES string of the molecule is C#CCCCCCCC(C)(C)C(=O)OC. The van der Waals surface area contributed by atoms with Gasteiger partial charge in [-0.15, -0.1) is 12.3 Å². The molecular formula is C13H22O2. The summed E-state index contributed by atoms with van der Waals surface area (Å²) in [5, 5.41) is 0. The molecule has 0 aromatic rings. The quantitative estimate of drug-likeness (QED) is 0.366. The molecule has 0 unspecified atom stereocenters. The fraction of sp³-hybridized carbons (Fsp3) is 0.769. The summed E-state index contributed by atoms with van der Waals surface area (Å²) in [7, 11) is 1.44. The van der Waals surface area contributed by atoms with Crippen LogP contribution >= 0.6 is 0 Å². The van der Waals surface area contributed by atoms with Gasteiger partial charge in [-0.05, 0) is 26.7 Å². The van der Waals surface area contributed by atoms with Crippen LogP contribution in [0.25, 0.3) is 0 Å². The van der Waals surface area contributed by atoms with Crippen LogP contribution in [0.1, 0.15) is 52.4 Å². The second-order valence-corrected chi connectivity index (χ2v) is 4.49. The van der Waals surface area contributed by atoms with Crippen LogP contribution in [0, 0.1) is 17.8 Å². The molecule has 0 radical (unpaired) electrons. The molecule has 0 bridgehead atoms. The summed E-state index contributed by atoms with van der Waals surface area (Å²) < 4.78 is 4.75. The van der Waals surface area contributed by atoms with Crippen molar-refractivity contribution in [3.05, 3.63) is 0 Å². The summed E-state index contributed by atoms with van der Waals surface area (Å²) in [4.78, 5) is 11.4. The Morgan fingerprint density at radius 3 is 2.40 bits per heavy atom. The first-order valence-corrected chi connectivity index (χ1v) is 5.56. The number of rotatable bonds is 7. The van der Waals surface area contributed by atoms with Gasteiger partial charge in [-0.1, -0.05) is 19.3 Å². The molecule has 0 aliphatic rings. The lowest BCUT2D eigenvalue weighted by molar-refractivity contribution is -0.151. The molecule has 0 N–H and O–H groups in total. The van der Waals surface area contributed by atoms with Crippen LogP contribution in [0.5, 0.6) is 0 Å². The number of esters is 1. The van der Waals surface area contributed by atoms with Crippen molar-refractivity contribution in [2.24, 2.45) is 5.41 Å². The number of carbonyl (C=O) groups excluding carboxylic acids is 1. The van der Waals surface area contributed by atoms with E-state index in [0.717, 1.165) is 38.5 Å². The third-order valence-corrected chi connectivity index (χ3v) is 2.61. The Morgan fingerprint density at radius 1 is 1.27 bits per heavy atom. The normalized spacial score (nSPS) is 10.8. The maximum atomic E-state index is 11.4. The van der Waals surface area contributed by atoms with Gasteiger partial charge in [0.05, 0.1) is 12.5 Å². The smallest absolute Gasteiger partial charge is 0.311 e. The van der Waals surface area contributed by atoms with Gasteiger partial charge >= 0.3 is 5.97 Å². The zero-order valence-corrected chi connectivity index (χ0v) is 10.1. The summed E-state index contributed by atoms with van der Waals surface area (Å²) in [6.07, 6.45) is 11.4. The van der Waals surface area contributed by atoms with E-state index in [1.54, 1.807) is 0 Å². The third-order valence-electron chi connectivity index (χ3n) is 2.61. The molecule has 0 rings (SSSR count). The second-order valence-electron chi connectivity index (χ2n) is 4.49. The van der Waals surface area contributed by atoms with Gasteiger partial charge in [0.25, 0.3) is 0 Å². The number of ether oxygens (including phenoxy) is 1. The van der Waals surface area contributed by atoms with Gasteiger partial charge in [-0.3, -0.25) is 4.79 Å². The molecule has 0 saturated carbocycles. The highest BCUT2D eigenvalue weighted by Crippen LogP contribution is 2.25. The largest absolute Gasteiger partial charge is 0.469 e. The van der Waals surface area contributed by atoms with Crippen LogP contribution in [0.3, 0.4) is 0 Å². The van der Waals surface area contributed by atoms with Crippen molar-refractivity contribution in [3.63, 3.8) is 0 Å². The lowest BCUT2D eigenvalue weighted by atomic mass is 9.87. The Kier molecular flexibility index (Phi) is 6.86. The van der Waals surface area contributed by atoms with Gasteiger partial charge in [0.15, 0.2) is 0 Å². The molecule has 0 aliphatic carbocycles. The Balaban J connectivity index is 3.58. The summed E-state index contributed by atoms with van der Waals surface area (Å²) in [6, 6.07) is 0. The fourth-order valence-corrected chi connectivity index (χ4v) is 1.53. The molecule has 15 heavy (non-hydrogen) atoms. The van der Waals surface area contributed by atoms with Crippen LogP contribution in [0.2, 0.25) is 0 Å². The van der Waals surface area contributed by atoms with Gasteiger partial charge in [0.2, 0.25) is 0 Å². The number of unbranched alkanes of at least 4 members (excludes halogenated alkanes) is 4. The van der Waals surface area contributed by atoms with E-state index in [1.807, 2.05) is 13.8 Å². The zero-order chi connectivity index (χ0) is 11.7. The van der Waals surface area contributed by atoms with Crippen LogP contribution in [0.15, 0.2) is 0 Å². The third kappa shape index (κ3) is 6.17. The summed E-state index contributed by atoms with van der Waals surface area (Å²) in [5.74, 6) is 2.51. The Labute approximate surface area is 93.4 Å². The molecule has 0 amide bonds. The average Bonchev–Trinajstić information content (AvgIpc) is 2.22. The Hall–Kier alpha value is -0.970. The minimum Gasteiger partial charge on any atom is -0.469 e. The van der Waals surface area contributed by atoms with E-state index in [1.165, 1.54) is 7.11 Å². The lowest BCUT2D eigenvalue weighted by Crippen LogP contribution is -2.25. The standard InChI is InChI=1S/C13H22O2/c1-5-6-7-8-9-10-11-13(2,3)12(14)15-4/h1H,6-11H2,2-4H3. The van der Waals surface area contributed by atoms with E-state index in [-0.39, 0.29) is 11.4 Å². The van der Waals surface area contributed by atoms with Crippen LogP contribution in [-0.2, 0) is 9.53 Å². The first-order valence-electron chi connectivity index (χ1n) is 5.56. The molecule has 0 atom stereocenters. The number of carbonyl (C=O) groups is 1. The summed E-state index contributed by atoms with van der Waals surface area (Å²) >= 11 is 0. The molecule has 0 spiro atoms. The van der Waals surface area contributed by atoms with E-state index in [2.05, 4.69) is 5.92 Å². The minimum absolute atomic E-state index is 0.119. The first-order chi connectivity index (χ1) is 7.04. The fourth-order valence-electron chi connectivity index (χ4n) is 1.53. The van der Waals surface area contributed by atoms with Crippen molar-refractivity contribution in [2.75, 3.05) is 7.11 Å². The molecule has 0 aromatic carbocycles. The van der Waals surface area contributed by atoms with Crippen molar-refractivity contribution in [2.45, 2.75) is 52.4 Å². The monoisotopic (exact) mass is 210 g/mol. The van der Waals surface area contributed by atoms with Crippen molar-refractivity contribution in [1.82, 2.24) is 0 Å². The number of terminal acetylenes is 1. The molecule has 0 fully saturated rings. The maximum absolute atomic E-state index is 11.4. The highest BCUT2D eigenvalue weighted by molar-refractivity contribution is 5.75. The molecule has 0 saturated heterocycles. The number of hydrogen-bond acceptors (Lipinski definition) is 2. The average molecular weight is 210 g/mol. The highest BCUT2D eigenvalue weighted by atomic mass is 16.5. The van der Waals surface area contributed by atoms with Gasteiger partial charge in [-0.25, -0.2) is 0 Å². The van der Waals surface area contributed by atoms with Gasteiger partial charge < -0.3 is 4.74 Å². The molecule has 2 nitrogen and oxygen atoms in total. The van der Waals surface area contributed by atoms with Crippen LogP contribution < -0.4 is 0 Å². The predicted octanol–water partition coefficient (Wildman–Crippen LogP) is 3.16. The zero-order valence-electron chi connectivity index (χ0n) is 10.1. The van der Waals surface area contributed by atoms with Crippen LogP contribution in [-0.4, -0.2) is 13.1 Å². The van der Waals surface area contributed by atoms with Crippen molar-refractivity contribution < 1.29 is 9.53 Å². The number of hydrogen-bond donors (Lipinski definition) is 0. The van der Waals surface area contributed by atoms with E-state index >= 15 is 0 Å². The molecular weight excluding hydrogens is 188 g/mol. The predicted molar refractivity (Wildman–Crippen MR) is 62.3 cm³/mol. The highest BCUT2D eigenvalue weighted by Gasteiger charge is 2.27. The van der Waals surface area contributed by atoms with Gasteiger partial charge in [0, 0.05) is 6.42 Å². The van der Waals surface area contributed by atoms with Crippen molar-refractivity contribution in [3.8, 4) is 12.3 Å². The molecule has 0 aromatic heterocycles. The summed E-state index contributed by atoms with van der Waals surface area (Å²) in [5.41, 5.74) is -0.346. The topological polar surface area (TPSA) is 26.3 Å².